The quantitative estimate of drug-likeness (QED) is 0.368. The third-order valence-corrected chi connectivity index (χ3v) is 3.01. The van der Waals surface area contributed by atoms with Gasteiger partial charge in [0.05, 0.1) is 0 Å². The van der Waals surface area contributed by atoms with Gasteiger partial charge in [0.25, 0.3) is 0 Å². The van der Waals surface area contributed by atoms with Crippen LogP contribution in [-0.2, 0) is 9.59 Å². The van der Waals surface area contributed by atoms with Gasteiger partial charge in [0, 0.05) is 25.9 Å². The molecule has 2 fully saturated rings. The zero-order chi connectivity index (χ0) is 14.0. The lowest BCUT2D eigenvalue weighted by Crippen LogP contribution is -2.61. The summed E-state index contributed by atoms with van der Waals surface area (Å²) in [5, 5.41) is 21.3. The fraction of sp³-hybridized carbons (Fsp3) is 0.600. The molecule has 0 saturated carbocycles. The average Bonchev–Trinajstić information content (AvgIpc) is 2.90. The van der Waals surface area contributed by atoms with Crippen LogP contribution in [0.2, 0.25) is 0 Å². The van der Waals surface area contributed by atoms with Gasteiger partial charge in [0.2, 0.25) is 17.8 Å². The number of nitrogens with zero attached hydrogens (tertiary/aromatic N) is 3. The molecule has 0 atom stereocenters. The summed E-state index contributed by atoms with van der Waals surface area (Å²) in [5.74, 6) is -0.962. The molecule has 0 aromatic rings. The first-order valence-corrected chi connectivity index (χ1v) is 6.11. The third kappa shape index (κ3) is 2.59. The minimum absolute atomic E-state index is 0.144. The summed E-state index contributed by atoms with van der Waals surface area (Å²) in [5.41, 5.74) is 5.20. The lowest BCUT2D eigenvalue weighted by Gasteiger charge is -2.38. The van der Waals surface area contributed by atoms with Gasteiger partial charge in [-0.05, 0) is 12.8 Å². The van der Waals surface area contributed by atoms with Gasteiger partial charge in [-0.15, -0.1) is 0 Å². The molecule has 2 aliphatic rings. The highest BCUT2D eigenvalue weighted by molar-refractivity contribution is 5.96. The Bertz CT molecular complexity index is 410. The topological polar surface area (TPSA) is 130 Å². The molecule has 0 spiro atoms. The number of hydrogen-bond acceptors (Lipinski definition) is 4. The van der Waals surface area contributed by atoms with E-state index in [1.165, 1.54) is 15.1 Å². The lowest BCUT2D eigenvalue weighted by molar-refractivity contribution is -0.169. The van der Waals surface area contributed by atoms with Gasteiger partial charge >= 0.3 is 0 Å². The van der Waals surface area contributed by atoms with Crippen LogP contribution in [0.1, 0.15) is 25.7 Å². The van der Waals surface area contributed by atoms with Gasteiger partial charge in [-0.1, -0.05) is 0 Å². The van der Waals surface area contributed by atoms with Crippen LogP contribution < -0.4 is 11.1 Å². The molecule has 0 aromatic carbocycles. The Morgan fingerprint density at radius 2 is 1.58 bits per heavy atom. The van der Waals surface area contributed by atoms with Gasteiger partial charge < -0.3 is 5.73 Å². The maximum absolute atomic E-state index is 11.8. The highest BCUT2D eigenvalue weighted by Crippen LogP contribution is 2.20. The maximum atomic E-state index is 11.8. The first-order chi connectivity index (χ1) is 9.00. The molecule has 9 heteroatoms. The molecule has 9 nitrogen and oxygen atoms in total. The highest BCUT2D eigenvalue weighted by atomic mass is 16.2. The Hall–Kier alpha value is -2.32. The highest BCUT2D eigenvalue weighted by Gasteiger charge is 2.36. The first-order valence-electron chi connectivity index (χ1n) is 6.11. The predicted octanol–water partition coefficient (Wildman–Crippen LogP) is -1.22. The molecule has 2 saturated heterocycles. The Labute approximate surface area is 110 Å². The second-order valence-corrected chi connectivity index (χ2v) is 4.42. The van der Waals surface area contributed by atoms with E-state index in [9.17, 15) is 9.59 Å². The average molecular weight is 267 g/mol. The molecular formula is C10H17N7O2. The number of carbonyl (C=O) groups excluding carboxylic acids is 2. The van der Waals surface area contributed by atoms with Crippen LogP contribution >= 0.6 is 0 Å². The maximum Gasteiger partial charge on any atom is 0.242 e. The van der Waals surface area contributed by atoms with Crippen molar-refractivity contribution in [3.05, 3.63) is 0 Å². The monoisotopic (exact) mass is 267 g/mol. The van der Waals surface area contributed by atoms with Crippen molar-refractivity contribution < 1.29 is 9.59 Å². The molecule has 19 heavy (non-hydrogen) atoms. The summed E-state index contributed by atoms with van der Waals surface area (Å²) in [7, 11) is 0. The van der Waals surface area contributed by atoms with E-state index in [0.717, 1.165) is 0 Å². The van der Waals surface area contributed by atoms with E-state index < -0.39 is 5.96 Å². The first kappa shape index (κ1) is 13.1. The lowest BCUT2D eigenvalue weighted by atomic mass is 10.4. The van der Waals surface area contributed by atoms with E-state index in [2.05, 4.69) is 5.32 Å². The van der Waals surface area contributed by atoms with E-state index in [1.807, 2.05) is 0 Å². The Kier molecular flexibility index (Phi) is 3.54. The van der Waals surface area contributed by atoms with Crippen molar-refractivity contribution in [2.24, 2.45) is 5.73 Å². The van der Waals surface area contributed by atoms with Crippen LogP contribution in [0.4, 0.5) is 0 Å². The summed E-state index contributed by atoms with van der Waals surface area (Å²) in [6, 6.07) is 0. The summed E-state index contributed by atoms with van der Waals surface area (Å²) >= 11 is 0. The van der Waals surface area contributed by atoms with E-state index in [1.54, 1.807) is 0 Å². The third-order valence-electron chi connectivity index (χ3n) is 3.01. The number of rotatable bonds is 2. The SMILES string of the molecule is N=C(N)NC(=N)N(N1CCCC1=O)N1CCCC1=O. The van der Waals surface area contributed by atoms with Gasteiger partial charge in [0.1, 0.15) is 0 Å². The normalized spacial score (nSPS) is 18.9. The van der Waals surface area contributed by atoms with Crippen LogP contribution in [0.5, 0.6) is 0 Å². The molecule has 5 N–H and O–H groups in total. The summed E-state index contributed by atoms with van der Waals surface area (Å²) < 4.78 is 0. The minimum Gasteiger partial charge on any atom is -0.370 e. The van der Waals surface area contributed by atoms with Crippen LogP contribution in [0, 0.1) is 10.8 Å². The number of hydrazine groups is 2. The summed E-state index contributed by atoms with van der Waals surface area (Å²) in [6.45, 7) is 0.898. The van der Waals surface area contributed by atoms with Gasteiger partial charge in [0.15, 0.2) is 5.96 Å². The summed E-state index contributed by atoms with van der Waals surface area (Å²) in [4.78, 5) is 23.6. The zero-order valence-corrected chi connectivity index (χ0v) is 10.5. The van der Waals surface area contributed by atoms with Crippen LogP contribution in [0.15, 0.2) is 0 Å². The standard InChI is InChI=1S/C10H17N7O2/c11-9(12)14-10(13)17(15-5-1-3-7(15)18)16-6-2-4-8(16)19/h1-6H2,(H5,11,12,13,14). The van der Waals surface area contributed by atoms with Gasteiger partial charge in [-0.3, -0.25) is 25.7 Å². The molecule has 0 aromatic heterocycles. The van der Waals surface area contributed by atoms with Gasteiger partial charge in [-0.2, -0.15) is 5.12 Å². The number of amides is 2. The Balaban J connectivity index is 2.21. The van der Waals surface area contributed by atoms with Crippen molar-refractivity contribution in [3.8, 4) is 0 Å². The van der Waals surface area contributed by atoms with Crippen LogP contribution in [0.25, 0.3) is 0 Å². The fourth-order valence-electron chi connectivity index (χ4n) is 2.22. The smallest absolute Gasteiger partial charge is 0.242 e. The van der Waals surface area contributed by atoms with Crippen molar-refractivity contribution in [1.82, 2.24) is 20.5 Å². The zero-order valence-electron chi connectivity index (χ0n) is 10.5. The molecule has 0 unspecified atom stereocenters. The van der Waals surface area contributed by atoms with Crippen molar-refractivity contribution in [3.63, 3.8) is 0 Å². The second-order valence-electron chi connectivity index (χ2n) is 4.42. The second kappa shape index (κ2) is 5.12. The molecule has 2 heterocycles. The molecule has 2 amide bonds. The molecular weight excluding hydrogens is 250 g/mol. The summed E-state index contributed by atoms with van der Waals surface area (Å²) in [6.07, 6.45) is 2.16. The fourth-order valence-corrected chi connectivity index (χ4v) is 2.22. The molecule has 0 bridgehead atoms. The molecule has 2 rings (SSSR count). The minimum atomic E-state index is -0.409. The van der Waals surface area contributed by atoms with Crippen molar-refractivity contribution in [2.75, 3.05) is 13.1 Å². The van der Waals surface area contributed by atoms with Crippen molar-refractivity contribution in [2.45, 2.75) is 25.7 Å². The van der Waals surface area contributed by atoms with E-state index in [4.69, 9.17) is 16.6 Å². The number of nitrogens with one attached hydrogen (secondary N) is 3. The molecule has 0 aliphatic carbocycles. The predicted molar refractivity (Wildman–Crippen MR) is 66.5 cm³/mol. The van der Waals surface area contributed by atoms with E-state index >= 15 is 0 Å². The van der Waals surface area contributed by atoms with Crippen LogP contribution in [0.3, 0.4) is 0 Å². The Morgan fingerprint density at radius 1 is 1.11 bits per heavy atom. The van der Waals surface area contributed by atoms with Crippen molar-refractivity contribution in [1.29, 1.82) is 10.8 Å². The number of hydrogen-bond donors (Lipinski definition) is 4. The van der Waals surface area contributed by atoms with E-state index in [0.29, 0.717) is 38.8 Å². The van der Waals surface area contributed by atoms with Gasteiger partial charge in [-0.25, -0.2) is 10.0 Å². The Morgan fingerprint density at radius 3 is 1.89 bits per heavy atom. The largest absolute Gasteiger partial charge is 0.370 e. The molecule has 104 valence electrons. The number of guanidine groups is 2. The van der Waals surface area contributed by atoms with Crippen molar-refractivity contribution >= 4 is 23.7 Å². The number of nitrogens with two attached hydrogens (primary N) is 1. The number of carbonyl (C=O) groups is 2. The van der Waals surface area contributed by atoms with E-state index in [-0.39, 0.29) is 17.8 Å². The molecule has 0 radical (unpaired) electrons. The molecule has 2 aliphatic heterocycles. The van der Waals surface area contributed by atoms with Crippen LogP contribution in [-0.4, -0.2) is 52.0 Å².